The lowest BCUT2D eigenvalue weighted by molar-refractivity contribution is 0.0698. The molecular formula is C15H13IN2O3. The zero-order valence-electron chi connectivity index (χ0n) is 11.0. The fourth-order valence-electron chi connectivity index (χ4n) is 2.25. The van der Waals surface area contributed by atoms with Crippen molar-refractivity contribution in [3.05, 3.63) is 51.4 Å². The van der Waals surface area contributed by atoms with Gasteiger partial charge in [0.15, 0.2) is 0 Å². The van der Waals surface area contributed by atoms with Crippen LogP contribution in [0.4, 0.5) is 5.69 Å². The Bertz CT molecular complexity index is 719. The molecule has 0 atom stereocenters. The Morgan fingerprint density at radius 1 is 1.29 bits per heavy atom. The van der Waals surface area contributed by atoms with Gasteiger partial charge in [0, 0.05) is 15.8 Å². The first-order valence-corrected chi connectivity index (χ1v) is 7.65. The molecule has 1 saturated carbocycles. The van der Waals surface area contributed by atoms with Crippen molar-refractivity contribution in [3.8, 4) is 0 Å². The highest BCUT2D eigenvalue weighted by Gasteiger charge is 2.27. The van der Waals surface area contributed by atoms with E-state index in [0.29, 0.717) is 17.4 Å². The van der Waals surface area contributed by atoms with Crippen LogP contribution in [0.1, 0.15) is 39.7 Å². The molecule has 1 amide bonds. The van der Waals surface area contributed by atoms with Gasteiger partial charge in [0.2, 0.25) is 0 Å². The van der Waals surface area contributed by atoms with Gasteiger partial charge in [-0.15, -0.1) is 0 Å². The fraction of sp³-hybridized carbons (Fsp3) is 0.200. The normalized spacial score (nSPS) is 14.0. The lowest BCUT2D eigenvalue weighted by Gasteiger charge is -2.11. The van der Waals surface area contributed by atoms with Crippen LogP contribution in [0.15, 0.2) is 36.5 Å². The number of anilines is 1. The van der Waals surface area contributed by atoms with Crippen molar-refractivity contribution >= 4 is 40.2 Å². The summed E-state index contributed by atoms with van der Waals surface area (Å²) in [6, 6.07) is 8.91. The molecular weight excluding hydrogens is 383 g/mol. The molecule has 5 nitrogen and oxygen atoms in total. The molecule has 6 heteroatoms. The number of halogens is 1. The summed E-state index contributed by atoms with van der Waals surface area (Å²) in [5.41, 5.74) is 0.976. The molecule has 0 saturated heterocycles. The predicted octanol–water partition coefficient (Wildman–Crippen LogP) is 3.38. The van der Waals surface area contributed by atoms with Crippen molar-refractivity contribution in [1.29, 1.82) is 0 Å². The molecule has 0 bridgehead atoms. The van der Waals surface area contributed by atoms with E-state index in [-0.39, 0.29) is 11.5 Å². The molecule has 0 spiro atoms. The molecule has 108 valence electrons. The van der Waals surface area contributed by atoms with E-state index in [2.05, 4.69) is 5.32 Å². The van der Waals surface area contributed by atoms with Crippen LogP contribution in [-0.4, -0.2) is 21.6 Å². The monoisotopic (exact) mass is 396 g/mol. The summed E-state index contributed by atoms with van der Waals surface area (Å²) in [7, 11) is 0. The van der Waals surface area contributed by atoms with E-state index in [1.54, 1.807) is 24.3 Å². The average Bonchev–Trinajstić information content (AvgIpc) is 3.17. The van der Waals surface area contributed by atoms with Crippen molar-refractivity contribution < 1.29 is 14.7 Å². The van der Waals surface area contributed by atoms with E-state index < -0.39 is 5.97 Å². The standard InChI is InChI=1S/C15H13IN2O3/c16-9-3-6-12(11(8-9)15(20)21)17-14(19)13-2-1-7-18(13)10-4-5-10/h1-3,6-8,10H,4-5H2,(H,17,19)(H,20,21). The van der Waals surface area contributed by atoms with Crippen LogP contribution in [0.2, 0.25) is 0 Å². The molecule has 3 rings (SSSR count). The summed E-state index contributed by atoms with van der Waals surface area (Å²) < 4.78 is 2.76. The molecule has 1 aliphatic rings. The largest absolute Gasteiger partial charge is 0.478 e. The smallest absolute Gasteiger partial charge is 0.337 e. The van der Waals surface area contributed by atoms with Gasteiger partial charge < -0.3 is 15.0 Å². The summed E-state index contributed by atoms with van der Waals surface area (Å²) >= 11 is 2.04. The van der Waals surface area contributed by atoms with Crippen LogP contribution in [0.5, 0.6) is 0 Å². The third-order valence-electron chi connectivity index (χ3n) is 3.41. The molecule has 21 heavy (non-hydrogen) atoms. The second-order valence-electron chi connectivity index (χ2n) is 4.98. The van der Waals surface area contributed by atoms with Crippen LogP contribution < -0.4 is 5.32 Å². The van der Waals surface area contributed by atoms with Gasteiger partial charge in [-0.05, 0) is 65.8 Å². The first kappa shape index (κ1) is 14.1. The Morgan fingerprint density at radius 3 is 2.71 bits per heavy atom. The Labute approximate surface area is 135 Å². The minimum atomic E-state index is -1.05. The number of aromatic nitrogens is 1. The molecule has 1 fully saturated rings. The number of amides is 1. The quantitative estimate of drug-likeness (QED) is 0.779. The Morgan fingerprint density at radius 2 is 2.05 bits per heavy atom. The number of nitrogens with zero attached hydrogens (tertiary/aromatic N) is 1. The Kier molecular flexibility index (Phi) is 3.71. The third kappa shape index (κ3) is 2.94. The number of carboxylic acid groups (broad SMARTS) is 1. The topological polar surface area (TPSA) is 71.3 Å². The fourth-order valence-corrected chi connectivity index (χ4v) is 2.74. The van der Waals surface area contributed by atoms with Gasteiger partial charge in [-0.1, -0.05) is 0 Å². The lowest BCUT2D eigenvalue weighted by Crippen LogP contribution is -2.18. The molecule has 2 N–H and O–H groups in total. The van der Waals surface area contributed by atoms with Crippen LogP contribution in [-0.2, 0) is 0 Å². The van der Waals surface area contributed by atoms with Crippen molar-refractivity contribution in [2.24, 2.45) is 0 Å². The highest BCUT2D eigenvalue weighted by atomic mass is 127. The zero-order chi connectivity index (χ0) is 15.0. The molecule has 1 aromatic carbocycles. The summed E-state index contributed by atoms with van der Waals surface area (Å²) in [5.74, 6) is -1.34. The van der Waals surface area contributed by atoms with E-state index >= 15 is 0 Å². The molecule has 1 aliphatic carbocycles. The molecule has 2 aromatic rings. The maximum absolute atomic E-state index is 12.4. The van der Waals surface area contributed by atoms with Crippen molar-refractivity contribution in [3.63, 3.8) is 0 Å². The first-order chi connectivity index (χ1) is 10.1. The molecule has 0 radical (unpaired) electrons. The second-order valence-corrected chi connectivity index (χ2v) is 6.23. The number of hydrogen-bond acceptors (Lipinski definition) is 2. The van der Waals surface area contributed by atoms with Crippen LogP contribution in [0, 0.1) is 3.57 Å². The minimum Gasteiger partial charge on any atom is -0.478 e. The van der Waals surface area contributed by atoms with Crippen LogP contribution in [0.3, 0.4) is 0 Å². The van der Waals surface area contributed by atoms with Crippen LogP contribution in [0.25, 0.3) is 0 Å². The number of hydrogen-bond donors (Lipinski definition) is 2. The molecule has 1 heterocycles. The summed E-state index contributed by atoms with van der Waals surface area (Å²) in [4.78, 5) is 23.6. The third-order valence-corrected chi connectivity index (χ3v) is 4.08. The van der Waals surface area contributed by atoms with Gasteiger partial charge >= 0.3 is 5.97 Å². The lowest BCUT2D eigenvalue weighted by atomic mass is 10.2. The first-order valence-electron chi connectivity index (χ1n) is 6.57. The summed E-state index contributed by atoms with van der Waals surface area (Å²) in [6.45, 7) is 0. The maximum Gasteiger partial charge on any atom is 0.337 e. The summed E-state index contributed by atoms with van der Waals surface area (Å²) in [6.07, 6.45) is 4.05. The number of benzene rings is 1. The highest BCUT2D eigenvalue weighted by molar-refractivity contribution is 14.1. The highest BCUT2D eigenvalue weighted by Crippen LogP contribution is 2.36. The van der Waals surface area contributed by atoms with E-state index in [0.717, 1.165) is 16.4 Å². The van der Waals surface area contributed by atoms with E-state index in [1.807, 2.05) is 39.4 Å². The van der Waals surface area contributed by atoms with Crippen molar-refractivity contribution in [2.75, 3.05) is 5.32 Å². The van der Waals surface area contributed by atoms with Gasteiger partial charge in [-0.2, -0.15) is 0 Å². The SMILES string of the molecule is O=C(O)c1cc(I)ccc1NC(=O)c1cccn1C1CC1. The van der Waals surface area contributed by atoms with Gasteiger partial charge in [-0.3, -0.25) is 4.79 Å². The average molecular weight is 396 g/mol. The minimum absolute atomic E-state index is 0.0970. The predicted molar refractivity (Wildman–Crippen MR) is 86.8 cm³/mol. The molecule has 1 aromatic heterocycles. The van der Waals surface area contributed by atoms with Gasteiger partial charge in [-0.25, -0.2) is 4.79 Å². The van der Waals surface area contributed by atoms with Crippen molar-refractivity contribution in [1.82, 2.24) is 4.57 Å². The zero-order valence-corrected chi connectivity index (χ0v) is 13.2. The molecule has 0 unspecified atom stereocenters. The van der Waals surface area contributed by atoms with Gasteiger partial charge in [0.05, 0.1) is 11.3 Å². The number of carbonyl (C=O) groups excluding carboxylic acids is 1. The molecule has 0 aliphatic heterocycles. The number of carboxylic acids is 1. The van der Waals surface area contributed by atoms with Gasteiger partial charge in [0.25, 0.3) is 5.91 Å². The second kappa shape index (κ2) is 5.51. The Balaban J connectivity index is 1.88. The maximum atomic E-state index is 12.4. The number of carbonyl (C=O) groups is 2. The van der Waals surface area contributed by atoms with Gasteiger partial charge in [0.1, 0.15) is 5.69 Å². The number of rotatable bonds is 4. The number of nitrogens with one attached hydrogen (secondary N) is 1. The van der Waals surface area contributed by atoms with E-state index in [1.165, 1.54) is 0 Å². The van der Waals surface area contributed by atoms with Crippen LogP contribution >= 0.6 is 22.6 Å². The van der Waals surface area contributed by atoms with E-state index in [4.69, 9.17) is 0 Å². The summed E-state index contributed by atoms with van der Waals surface area (Å²) in [5, 5.41) is 11.9. The Hall–Kier alpha value is -1.83. The number of aromatic carboxylic acids is 1. The van der Waals surface area contributed by atoms with Crippen molar-refractivity contribution in [2.45, 2.75) is 18.9 Å². The van der Waals surface area contributed by atoms with E-state index in [9.17, 15) is 14.7 Å².